The van der Waals surface area contributed by atoms with Crippen molar-refractivity contribution in [1.29, 1.82) is 0 Å². The van der Waals surface area contributed by atoms with E-state index in [0.29, 0.717) is 36.4 Å². The number of aryl methyl sites for hydroxylation is 1. The highest BCUT2D eigenvalue weighted by atomic mass is 32.2. The van der Waals surface area contributed by atoms with Gasteiger partial charge in [-0.3, -0.25) is 19.5 Å². The van der Waals surface area contributed by atoms with Crippen molar-refractivity contribution in [3.63, 3.8) is 0 Å². The van der Waals surface area contributed by atoms with Crippen molar-refractivity contribution in [3.05, 3.63) is 35.0 Å². The fourth-order valence-electron chi connectivity index (χ4n) is 4.61. The number of nitrogens with zero attached hydrogens (tertiary/aromatic N) is 3. The SMILES string of the molecule is Cc1nc2ccc(S(=O)(=O)N3CCOCC3)cc2c2c1C(=O)N(C[C@H]1CCCN1)C2=O. The molecule has 2 fully saturated rings. The molecule has 2 saturated heterocycles. The van der Waals surface area contributed by atoms with Gasteiger partial charge >= 0.3 is 0 Å². The van der Waals surface area contributed by atoms with Crippen molar-refractivity contribution in [1.82, 2.24) is 19.5 Å². The molecule has 3 aliphatic rings. The maximum absolute atomic E-state index is 13.3. The summed E-state index contributed by atoms with van der Waals surface area (Å²) in [5, 5.41) is 3.71. The monoisotopic (exact) mass is 444 g/mol. The van der Waals surface area contributed by atoms with E-state index in [1.54, 1.807) is 13.0 Å². The number of fused-ring (bicyclic) bond motifs is 3. The van der Waals surface area contributed by atoms with Crippen molar-refractivity contribution in [2.75, 3.05) is 39.4 Å². The maximum Gasteiger partial charge on any atom is 0.263 e. The number of nitrogens with one attached hydrogen (secondary N) is 1. The number of rotatable bonds is 4. The molecule has 1 aromatic carbocycles. The number of ether oxygens (including phenoxy) is 1. The van der Waals surface area contributed by atoms with Gasteiger partial charge in [0, 0.05) is 31.1 Å². The standard InChI is InChI=1S/C21H24N4O5S/c1-13-18-19(21(27)25(20(18)26)12-14-3-2-6-22-14)16-11-15(4-5-17(16)23-13)31(28,29)24-7-9-30-10-8-24/h4-5,11,14,22H,2-3,6-10,12H2,1H3/t14-/m1/s1. The molecule has 1 N–H and O–H groups in total. The van der Waals surface area contributed by atoms with Gasteiger partial charge < -0.3 is 10.1 Å². The molecule has 164 valence electrons. The first kappa shape index (κ1) is 20.5. The highest BCUT2D eigenvalue weighted by molar-refractivity contribution is 7.89. The average Bonchev–Trinajstić information content (AvgIpc) is 3.37. The molecule has 2 aromatic rings. The number of hydrogen-bond acceptors (Lipinski definition) is 7. The maximum atomic E-state index is 13.3. The fraction of sp³-hybridized carbons (Fsp3) is 0.476. The van der Waals surface area contributed by atoms with E-state index in [-0.39, 0.29) is 47.0 Å². The lowest BCUT2D eigenvalue weighted by atomic mass is 10.0. The Morgan fingerprint density at radius 3 is 2.61 bits per heavy atom. The fourth-order valence-corrected chi connectivity index (χ4v) is 6.04. The molecule has 1 atom stereocenters. The Hall–Kier alpha value is -2.40. The van der Waals surface area contributed by atoms with Crippen molar-refractivity contribution < 1.29 is 22.7 Å². The predicted octanol–water partition coefficient (Wildman–Crippen LogP) is 0.912. The van der Waals surface area contributed by atoms with Gasteiger partial charge in [-0.25, -0.2) is 8.42 Å². The van der Waals surface area contributed by atoms with Crippen LogP contribution in [0.2, 0.25) is 0 Å². The summed E-state index contributed by atoms with van der Waals surface area (Å²) in [7, 11) is -3.74. The van der Waals surface area contributed by atoms with Crippen LogP contribution in [0.15, 0.2) is 23.1 Å². The number of carbonyl (C=O) groups is 2. The Bertz CT molecular complexity index is 1180. The summed E-state index contributed by atoms with van der Waals surface area (Å²) in [6.07, 6.45) is 1.92. The summed E-state index contributed by atoms with van der Waals surface area (Å²) in [4.78, 5) is 32.2. The number of carbonyl (C=O) groups excluding carboxylic acids is 2. The highest BCUT2D eigenvalue weighted by Gasteiger charge is 2.40. The molecule has 5 rings (SSSR count). The van der Waals surface area contributed by atoms with Crippen molar-refractivity contribution >= 4 is 32.7 Å². The van der Waals surface area contributed by atoms with Crippen LogP contribution in [0.25, 0.3) is 10.9 Å². The summed E-state index contributed by atoms with van der Waals surface area (Å²) < 4.78 is 32.9. The zero-order valence-corrected chi connectivity index (χ0v) is 18.1. The lowest BCUT2D eigenvalue weighted by Gasteiger charge is -2.26. The lowest BCUT2D eigenvalue weighted by molar-refractivity contribution is 0.0642. The Kier molecular flexibility index (Phi) is 5.04. The van der Waals surface area contributed by atoms with Crippen LogP contribution >= 0.6 is 0 Å². The van der Waals surface area contributed by atoms with Crippen LogP contribution in [0, 0.1) is 6.92 Å². The minimum Gasteiger partial charge on any atom is -0.379 e. The first-order valence-corrected chi connectivity index (χ1v) is 11.9. The molecule has 1 aromatic heterocycles. The molecule has 0 bridgehead atoms. The van der Waals surface area contributed by atoms with Gasteiger partial charge in [-0.05, 0) is 44.5 Å². The van der Waals surface area contributed by atoms with Gasteiger partial charge in [0.25, 0.3) is 11.8 Å². The minimum absolute atomic E-state index is 0.0824. The molecule has 4 heterocycles. The summed E-state index contributed by atoms with van der Waals surface area (Å²) in [6.45, 7) is 4.15. The van der Waals surface area contributed by atoms with Crippen LogP contribution in [0.1, 0.15) is 39.3 Å². The Morgan fingerprint density at radius 2 is 1.90 bits per heavy atom. The third-order valence-corrected chi connectivity index (χ3v) is 8.12. The normalized spacial score (nSPS) is 22.5. The Morgan fingerprint density at radius 1 is 1.16 bits per heavy atom. The molecule has 0 unspecified atom stereocenters. The Balaban J connectivity index is 1.59. The van der Waals surface area contributed by atoms with Crippen LogP contribution in [-0.4, -0.2) is 79.9 Å². The van der Waals surface area contributed by atoms with Gasteiger partial charge in [-0.2, -0.15) is 4.31 Å². The number of morpholine rings is 1. The molecule has 3 aliphatic heterocycles. The largest absolute Gasteiger partial charge is 0.379 e. The van der Waals surface area contributed by atoms with Gasteiger partial charge in [0.1, 0.15) is 0 Å². The third-order valence-electron chi connectivity index (χ3n) is 6.23. The number of imide groups is 1. The molecule has 0 radical (unpaired) electrons. The number of sulfonamides is 1. The number of pyridine rings is 1. The van der Waals surface area contributed by atoms with E-state index in [4.69, 9.17) is 4.74 Å². The first-order valence-electron chi connectivity index (χ1n) is 10.5. The average molecular weight is 445 g/mol. The summed E-state index contributed by atoms with van der Waals surface area (Å²) in [5.41, 5.74) is 1.51. The second-order valence-electron chi connectivity index (χ2n) is 8.16. The van der Waals surface area contributed by atoms with Crippen LogP contribution in [-0.2, 0) is 14.8 Å². The molecule has 0 saturated carbocycles. The van der Waals surface area contributed by atoms with Crippen LogP contribution in [0.4, 0.5) is 0 Å². The molecule has 2 amide bonds. The van der Waals surface area contributed by atoms with E-state index in [0.717, 1.165) is 19.4 Å². The van der Waals surface area contributed by atoms with E-state index in [2.05, 4.69) is 10.3 Å². The minimum atomic E-state index is -3.74. The molecule has 0 spiro atoms. The number of amides is 2. The van der Waals surface area contributed by atoms with Gasteiger partial charge in [-0.1, -0.05) is 0 Å². The van der Waals surface area contributed by atoms with Crippen LogP contribution in [0.3, 0.4) is 0 Å². The van der Waals surface area contributed by atoms with Crippen LogP contribution in [0.5, 0.6) is 0 Å². The van der Waals surface area contributed by atoms with E-state index in [1.165, 1.54) is 21.3 Å². The van der Waals surface area contributed by atoms with E-state index in [9.17, 15) is 18.0 Å². The zero-order chi connectivity index (χ0) is 21.8. The lowest BCUT2D eigenvalue weighted by Crippen LogP contribution is -2.40. The molecule has 10 heteroatoms. The summed E-state index contributed by atoms with van der Waals surface area (Å²) >= 11 is 0. The summed E-state index contributed by atoms with van der Waals surface area (Å²) in [6, 6.07) is 4.68. The summed E-state index contributed by atoms with van der Waals surface area (Å²) in [5.74, 6) is -0.743. The van der Waals surface area contributed by atoms with Gasteiger partial charge in [0.15, 0.2) is 0 Å². The first-order chi connectivity index (χ1) is 14.9. The zero-order valence-electron chi connectivity index (χ0n) is 17.3. The molecule has 0 aliphatic carbocycles. The van der Waals surface area contributed by atoms with Gasteiger partial charge in [0.2, 0.25) is 10.0 Å². The number of benzene rings is 1. The molecular formula is C21H24N4O5S. The predicted molar refractivity (Wildman–Crippen MR) is 112 cm³/mol. The van der Waals surface area contributed by atoms with Gasteiger partial charge in [0.05, 0.1) is 40.4 Å². The smallest absolute Gasteiger partial charge is 0.263 e. The number of hydrogen-bond donors (Lipinski definition) is 1. The van der Waals surface area contributed by atoms with E-state index in [1.807, 2.05) is 0 Å². The molecular weight excluding hydrogens is 420 g/mol. The van der Waals surface area contributed by atoms with Gasteiger partial charge in [-0.15, -0.1) is 0 Å². The van der Waals surface area contributed by atoms with E-state index >= 15 is 0 Å². The Labute approximate surface area is 180 Å². The highest BCUT2D eigenvalue weighted by Crippen LogP contribution is 2.33. The van der Waals surface area contributed by atoms with Crippen LogP contribution < -0.4 is 5.32 Å². The molecule has 9 nitrogen and oxygen atoms in total. The van der Waals surface area contributed by atoms with Crippen molar-refractivity contribution in [2.24, 2.45) is 0 Å². The second kappa shape index (κ2) is 7.63. The van der Waals surface area contributed by atoms with Crippen molar-refractivity contribution in [2.45, 2.75) is 30.7 Å². The quantitative estimate of drug-likeness (QED) is 0.698. The second-order valence-corrected chi connectivity index (χ2v) is 10.1. The van der Waals surface area contributed by atoms with E-state index < -0.39 is 10.0 Å². The topological polar surface area (TPSA) is 109 Å². The molecule has 31 heavy (non-hydrogen) atoms. The third kappa shape index (κ3) is 3.34. The van der Waals surface area contributed by atoms with Crippen molar-refractivity contribution in [3.8, 4) is 0 Å². The number of aromatic nitrogens is 1.